The molecule has 1 atom stereocenters. The summed E-state index contributed by atoms with van der Waals surface area (Å²) in [4.78, 5) is 21.4. The Balaban J connectivity index is 1.67. The third-order valence-corrected chi connectivity index (χ3v) is 5.54. The average molecular weight is 307 g/mol. The molecule has 20 heavy (non-hydrogen) atoms. The molecule has 4 rings (SSSR count). The van der Waals surface area contributed by atoms with Crippen molar-refractivity contribution in [2.75, 3.05) is 19.7 Å². The molecule has 1 saturated heterocycles. The summed E-state index contributed by atoms with van der Waals surface area (Å²) in [5.74, 6) is 0.293. The number of nitrogens with zero attached hydrogens (tertiary/aromatic N) is 3. The van der Waals surface area contributed by atoms with Crippen LogP contribution in [0.25, 0.3) is 15.3 Å². The molecule has 3 aromatic heterocycles. The Bertz CT molecular complexity index is 788. The lowest BCUT2D eigenvalue weighted by atomic mass is 10.1. The van der Waals surface area contributed by atoms with E-state index in [0.29, 0.717) is 6.54 Å². The number of aliphatic hydroxyl groups excluding tert-OH is 1. The van der Waals surface area contributed by atoms with Gasteiger partial charge < -0.3 is 10.0 Å². The number of carbonyl (C=O) groups is 1. The molecule has 4 heterocycles. The molecule has 0 aromatic carbocycles. The van der Waals surface area contributed by atoms with Gasteiger partial charge in [-0.25, -0.2) is 4.98 Å². The van der Waals surface area contributed by atoms with Gasteiger partial charge in [-0.1, -0.05) is 0 Å². The normalized spacial score (nSPS) is 19.4. The minimum Gasteiger partial charge on any atom is -0.396 e. The number of fused-ring (bicyclic) bond motifs is 3. The van der Waals surface area contributed by atoms with Gasteiger partial charge in [0.2, 0.25) is 0 Å². The van der Waals surface area contributed by atoms with E-state index in [1.54, 1.807) is 11.3 Å². The molecule has 7 heteroatoms. The smallest absolute Gasteiger partial charge is 0.264 e. The monoisotopic (exact) mass is 307 g/mol. The van der Waals surface area contributed by atoms with E-state index in [1.165, 1.54) is 11.3 Å². The SMILES string of the molecule is O=C(c1cc2c(nc3sccn32)s1)N1CCC(CO)C1. The molecule has 1 aliphatic rings. The lowest BCUT2D eigenvalue weighted by Gasteiger charge is -2.14. The largest absolute Gasteiger partial charge is 0.396 e. The van der Waals surface area contributed by atoms with Gasteiger partial charge in [-0.3, -0.25) is 9.20 Å². The third-order valence-electron chi connectivity index (χ3n) is 3.78. The maximum atomic E-state index is 12.5. The summed E-state index contributed by atoms with van der Waals surface area (Å²) >= 11 is 3.05. The summed E-state index contributed by atoms with van der Waals surface area (Å²) < 4.78 is 2.02. The number of imidazole rings is 1. The summed E-state index contributed by atoms with van der Waals surface area (Å²) in [7, 11) is 0. The van der Waals surface area contributed by atoms with Crippen LogP contribution in [0.4, 0.5) is 0 Å². The minimum absolute atomic E-state index is 0.0629. The minimum atomic E-state index is 0.0629. The maximum absolute atomic E-state index is 12.5. The zero-order valence-electron chi connectivity index (χ0n) is 10.7. The Hall–Kier alpha value is -1.44. The van der Waals surface area contributed by atoms with Gasteiger partial charge in [-0.05, 0) is 12.5 Å². The molecule has 3 aromatic rings. The Morgan fingerprint density at radius 2 is 2.45 bits per heavy atom. The molecular formula is C13H13N3O2S2. The molecule has 0 radical (unpaired) electrons. The number of aromatic nitrogens is 2. The number of rotatable bonds is 2. The Morgan fingerprint density at radius 1 is 1.55 bits per heavy atom. The van der Waals surface area contributed by atoms with Crippen molar-refractivity contribution in [1.82, 2.24) is 14.3 Å². The second kappa shape index (κ2) is 4.54. The number of hydrogen-bond donors (Lipinski definition) is 1. The number of thiazole rings is 1. The lowest BCUT2D eigenvalue weighted by Crippen LogP contribution is -2.28. The van der Waals surface area contributed by atoms with Crippen molar-refractivity contribution in [3.8, 4) is 0 Å². The second-order valence-corrected chi connectivity index (χ2v) is 6.96. The van der Waals surface area contributed by atoms with Crippen molar-refractivity contribution in [2.45, 2.75) is 6.42 Å². The first-order chi connectivity index (χ1) is 9.76. The van der Waals surface area contributed by atoms with Crippen LogP contribution in [0.15, 0.2) is 17.6 Å². The number of likely N-dealkylation sites (tertiary alicyclic amines) is 1. The van der Waals surface area contributed by atoms with E-state index in [2.05, 4.69) is 4.98 Å². The quantitative estimate of drug-likeness (QED) is 0.788. The zero-order valence-corrected chi connectivity index (χ0v) is 12.3. The van der Waals surface area contributed by atoms with Crippen molar-refractivity contribution < 1.29 is 9.90 Å². The Morgan fingerprint density at radius 3 is 3.25 bits per heavy atom. The molecule has 0 saturated carbocycles. The average Bonchev–Trinajstić information content (AvgIpc) is 3.18. The van der Waals surface area contributed by atoms with E-state index >= 15 is 0 Å². The van der Waals surface area contributed by atoms with E-state index in [-0.39, 0.29) is 18.4 Å². The van der Waals surface area contributed by atoms with E-state index in [0.717, 1.165) is 33.2 Å². The van der Waals surface area contributed by atoms with Crippen LogP contribution >= 0.6 is 22.7 Å². The lowest BCUT2D eigenvalue weighted by molar-refractivity contribution is 0.0786. The first-order valence-corrected chi connectivity index (χ1v) is 8.21. The maximum Gasteiger partial charge on any atom is 0.264 e. The number of thiophene rings is 1. The zero-order chi connectivity index (χ0) is 13.7. The van der Waals surface area contributed by atoms with Gasteiger partial charge in [0.25, 0.3) is 5.91 Å². The van der Waals surface area contributed by atoms with Gasteiger partial charge >= 0.3 is 0 Å². The van der Waals surface area contributed by atoms with E-state index in [1.807, 2.05) is 26.9 Å². The standard InChI is InChI=1S/C13H13N3O2S2/c17-7-8-1-2-15(6-8)12(18)10-5-9-11(20-10)14-13-16(9)3-4-19-13/h3-5,8,17H,1-2,6-7H2. The van der Waals surface area contributed by atoms with Crippen molar-refractivity contribution in [3.63, 3.8) is 0 Å². The van der Waals surface area contributed by atoms with Crippen LogP contribution in [0.5, 0.6) is 0 Å². The highest BCUT2D eigenvalue weighted by molar-refractivity contribution is 7.21. The van der Waals surface area contributed by atoms with E-state index < -0.39 is 0 Å². The van der Waals surface area contributed by atoms with Crippen LogP contribution in [-0.4, -0.2) is 45.0 Å². The highest BCUT2D eigenvalue weighted by Crippen LogP contribution is 2.30. The van der Waals surface area contributed by atoms with Crippen molar-refractivity contribution in [1.29, 1.82) is 0 Å². The molecule has 0 spiro atoms. The number of aliphatic hydroxyl groups is 1. The predicted molar refractivity (Wildman–Crippen MR) is 79.5 cm³/mol. The number of hydrogen-bond acceptors (Lipinski definition) is 5. The highest BCUT2D eigenvalue weighted by Gasteiger charge is 2.27. The van der Waals surface area contributed by atoms with Crippen molar-refractivity contribution in [2.24, 2.45) is 5.92 Å². The van der Waals surface area contributed by atoms with Crippen LogP contribution in [0.3, 0.4) is 0 Å². The van der Waals surface area contributed by atoms with Crippen LogP contribution in [0, 0.1) is 5.92 Å². The summed E-state index contributed by atoms with van der Waals surface area (Å²) in [6.07, 6.45) is 2.87. The molecule has 1 aliphatic heterocycles. The van der Waals surface area contributed by atoms with Crippen LogP contribution < -0.4 is 0 Å². The van der Waals surface area contributed by atoms with Crippen LogP contribution in [-0.2, 0) is 0 Å². The molecular weight excluding hydrogens is 294 g/mol. The van der Waals surface area contributed by atoms with Gasteiger partial charge in [0, 0.05) is 37.2 Å². The Labute approximate surface area is 123 Å². The van der Waals surface area contributed by atoms with Gasteiger partial charge in [0.05, 0.1) is 10.4 Å². The summed E-state index contributed by atoms with van der Waals surface area (Å²) in [5.41, 5.74) is 1.01. The van der Waals surface area contributed by atoms with Crippen molar-refractivity contribution >= 4 is 43.9 Å². The fraction of sp³-hybridized carbons (Fsp3) is 0.385. The predicted octanol–water partition coefficient (Wildman–Crippen LogP) is 2.06. The number of carbonyl (C=O) groups excluding carboxylic acids is 1. The fourth-order valence-corrected chi connectivity index (χ4v) is 4.44. The second-order valence-electron chi connectivity index (χ2n) is 5.06. The van der Waals surface area contributed by atoms with Gasteiger partial charge in [0.15, 0.2) is 4.96 Å². The molecule has 104 valence electrons. The Kier molecular flexibility index (Phi) is 2.80. The molecule has 0 bridgehead atoms. The van der Waals surface area contributed by atoms with E-state index in [9.17, 15) is 4.79 Å². The highest BCUT2D eigenvalue weighted by atomic mass is 32.1. The van der Waals surface area contributed by atoms with E-state index in [4.69, 9.17) is 5.11 Å². The molecule has 0 aliphatic carbocycles. The molecule has 1 N–H and O–H groups in total. The summed E-state index contributed by atoms with van der Waals surface area (Å²) in [6.45, 7) is 1.56. The topological polar surface area (TPSA) is 57.8 Å². The van der Waals surface area contributed by atoms with Crippen LogP contribution in [0.1, 0.15) is 16.1 Å². The molecule has 1 unspecified atom stereocenters. The molecule has 5 nitrogen and oxygen atoms in total. The summed E-state index contributed by atoms with van der Waals surface area (Å²) in [6, 6.07) is 1.93. The fourth-order valence-electron chi connectivity index (χ4n) is 2.67. The molecule has 1 amide bonds. The van der Waals surface area contributed by atoms with Gasteiger partial charge in [-0.15, -0.1) is 22.7 Å². The summed E-state index contributed by atoms with van der Waals surface area (Å²) in [5, 5.41) is 11.2. The number of amides is 1. The first kappa shape index (κ1) is 12.3. The van der Waals surface area contributed by atoms with Gasteiger partial charge in [-0.2, -0.15) is 0 Å². The third kappa shape index (κ3) is 1.77. The first-order valence-electron chi connectivity index (χ1n) is 6.51. The molecule has 1 fully saturated rings. The van der Waals surface area contributed by atoms with Crippen molar-refractivity contribution in [3.05, 3.63) is 22.5 Å². The van der Waals surface area contributed by atoms with Crippen LogP contribution in [0.2, 0.25) is 0 Å². The van der Waals surface area contributed by atoms with Gasteiger partial charge in [0.1, 0.15) is 4.83 Å².